The van der Waals surface area contributed by atoms with Crippen LogP contribution in [0.4, 0.5) is 5.69 Å². The van der Waals surface area contributed by atoms with Gasteiger partial charge in [-0.3, -0.25) is 19.2 Å². The number of esters is 1. The largest absolute Gasteiger partial charge is 0.455 e. The second-order valence-electron chi connectivity index (χ2n) is 13.0. The number of amides is 3. The first-order valence-electron chi connectivity index (χ1n) is 16.9. The number of allylic oxidation sites excluding steroid dienone is 1. The maximum Gasteiger partial charge on any atom is 0.313 e. The van der Waals surface area contributed by atoms with Gasteiger partial charge >= 0.3 is 5.97 Å². The number of nitrogens with zero attached hydrogens (tertiary/aromatic N) is 2. The Morgan fingerprint density at radius 2 is 1.83 bits per heavy atom. The van der Waals surface area contributed by atoms with Gasteiger partial charge in [-0.1, -0.05) is 67.6 Å². The Morgan fingerprint density at radius 1 is 1.12 bits per heavy atom. The van der Waals surface area contributed by atoms with E-state index in [-0.39, 0.29) is 37.9 Å². The van der Waals surface area contributed by atoms with E-state index in [1.807, 2.05) is 69.3 Å². The number of anilines is 1. The van der Waals surface area contributed by atoms with Crippen LogP contribution in [0, 0.1) is 25.7 Å². The van der Waals surface area contributed by atoms with Crippen molar-refractivity contribution in [2.75, 3.05) is 24.6 Å². The van der Waals surface area contributed by atoms with Crippen molar-refractivity contribution >= 4 is 29.4 Å². The van der Waals surface area contributed by atoms with Crippen LogP contribution in [0.25, 0.3) is 0 Å². The van der Waals surface area contributed by atoms with E-state index in [0.29, 0.717) is 31.2 Å². The van der Waals surface area contributed by atoms with E-state index in [4.69, 9.17) is 9.47 Å². The Hall–Kier alpha value is -4.28. The summed E-state index contributed by atoms with van der Waals surface area (Å²) in [5.41, 5.74) is 1.94. The minimum atomic E-state index is -1.28. The average Bonchev–Trinajstić information content (AvgIpc) is 3.73. The summed E-state index contributed by atoms with van der Waals surface area (Å²) < 4.78 is 12.8. The summed E-state index contributed by atoms with van der Waals surface area (Å²) in [5, 5.41) is 13.3. The molecular formula is C38H47N3O7. The van der Waals surface area contributed by atoms with E-state index in [1.165, 1.54) is 4.90 Å². The second-order valence-corrected chi connectivity index (χ2v) is 13.0. The fourth-order valence-corrected chi connectivity index (χ4v) is 7.89. The third-order valence-electron chi connectivity index (χ3n) is 10.1. The summed E-state index contributed by atoms with van der Waals surface area (Å²) in [5.74, 6) is -3.47. The third-order valence-corrected chi connectivity index (χ3v) is 10.1. The number of carbonyl (C=O) groups excluding carboxylic acids is 4. The van der Waals surface area contributed by atoms with Gasteiger partial charge in [-0.25, -0.2) is 0 Å². The summed E-state index contributed by atoms with van der Waals surface area (Å²) in [6.07, 6.45) is 3.94. The molecule has 2 aromatic carbocycles. The van der Waals surface area contributed by atoms with Crippen LogP contribution in [0.3, 0.4) is 0 Å². The van der Waals surface area contributed by atoms with E-state index < -0.39 is 53.6 Å². The molecule has 3 amide bonds. The van der Waals surface area contributed by atoms with Gasteiger partial charge in [0.1, 0.15) is 17.7 Å². The lowest BCUT2D eigenvalue weighted by atomic mass is 9.70. The number of aliphatic hydroxyl groups excluding tert-OH is 1. The molecule has 2 aromatic rings. The molecule has 3 fully saturated rings. The minimum Gasteiger partial charge on any atom is -0.455 e. The zero-order valence-corrected chi connectivity index (χ0v) is 28.1. The van der Waals surface area contributed by atoms with Crippen LogP contribution >= 0.6 is 0 Å². The number of carbonyl (C=O) groups is 4. The molecule has 0 unspecified atom stereocenters. The summed E-state index contributed by atoms with van der Waals surface area (Å²) in [6, 6.07) is 13.2. The Kier molecular flexibility index (Phi) is 10.9. The molecule has 3 aliphatic rings. The summed E-state index contributed by atoms with van der Waals surface area (Å²) in [7, 11) is 0. The first-order chi connectivity index (χ1) is 23.1. The first-order valence-corrected chi connectivity index (χ1v) is 16.9. The van der Waals surface area contributed by atoms with Gasteiger partial charge in [0, 0.05) is 18.7 Å². The van der Waals surface area contributed by atoms with E-state index in [0.717, 1.165) is 16.8 Å². The Labute approximate surface area is 282 Å². The molecule has 2 N–H and O–H groups in total. The fraction of sp³-hybridized carbons (Fsp3) is 0.474. The molecule has 48 heavy (non-hydrogen) atoms. The van der Waals surface area contributed by atoms with E-state index in [2.05, 4.69) is 18.5 Å². The van der Waals surface area contributed by atoms with E-state index >= 15 is 0 Å². The fourth-order valence-electron chi connectivity index (χ4n) is 7.89. The lowest BCUT2D eigenvalue weighted by Crippen LogP contribution is -2.59. The van der Waals surface area contributed by atoms with E-state index in [9.17, 15) is 24.3 Å². The highest BCUT2D eigenvalue weighted by Gasteiger charge is 2.75. The van der Waals surface area contributed by atoms with Gasteiger partial charge in [0.15, 0.2) is 0 Å². The van der Waals surface area contributed by atoms with Crippen molar-refractivity contribution in [3.05, 3.63) is 90.5 Å². The van der Waals surface area contributed by atoms with Crippen molar-refractivity contribution in [2.24, 2.45) is 11.8 Å². The van der Waals surface area contributed by atoms with Gasteiger partial charge in [-0.15, -0.1) is 13.2 Å². The summed E-state index contributed by atoms with van der Waals surface area (Å²) in [6.45, 7) is 13.2. The number of hydrogen-bond acceptors (Lipinski definition) is 7. The SMILES string of the molecule is C=CCCC(=O)NC[C@@H](OC(=O)[C@@H]1[C@H]2C(=O)N([C@@H](CC)CO)[C@H](C(=O)N(CC=C)c3c(C)cccc3C)[C@]23CC[C@H]1O3)c1ccccc1. The Morgan fingerprint density at radius 3 is 2.46 bits per heavy atom. The highest BCUT2D eigenvalue weighted by Crippen LogP contribution is 2.59. The molecule has 0 aliphatic carbocycles. The van der Waals surface area contributed by atoms with E-state index in [1.54, 1.807) is 17.1 Å². The number of ether oxygens (including phenoxy) is 2. The van der Waals surface area contributed by atoms with Crippen molar-refractivity contribution in [3.8, 4) is 0 Å². The Bertz CT molecular complexity index is 1520. The zero-order valence-electron chi connectivity index (χ0n) is 28.1. The molecule has 5 rings (SSSR count). The molecule has 7 atom stereocenters. The number of rotatable bonds is 15. The molecule has 10 nitrogen and oxygen atoms in total. The topological polar surface area (TPSA) is 125 Å². The van der Waals surface area contributed by atoms with Crippen LogP contribution in [-0.4, -0.2) is 77.2 Å². The number of likely N-dealkylation sites (tertiary alicyclic amines) is 1. The third kappa shape index (κ3) is 6.31. The molecule has 3 saturated heterocycles. The molecule has 0 radical (unpaired) electrons. The standard InChI is InChI=1S/C38H47N3O7/c1-6-9-18-30(43)39-22-29(26-16-11-10-12-17-26)47-37(46)31-28-19-20-38(48-28)32(31)35(44)41(27(8-3)23-42)34(38)36(45)40(21-7-2)33-24(4)14-13-15-25(33)5/h6-7,10-17,27-29,31-32,34,42H,1-2,8-9,18-23H2,3-5H3,(H,39,43)/t27-,28+,29+,31-,32-,34+,38-/m0/s1. The number of para-hydroxylation sites is 1. The molecule has 1 spiro atoms. The van der Waals surface area contributed by atoms with Crippen LogP contribution in [0.5, 0.6) is 0 Å². The molecule has 256 valence electrons. The lowest BCUT2D eigenvalue weighted by Gasteiger charge is -2.39. The maximum atomic E-state index is 14.9. The average molecular weight is 658 g/mol. The molecule has 2 bridgehead atoms. The number of nitrogens with one attached hydrogen (secondary N) is 1. The van der Waals surface area contributed by atoms with Crippen molar-refractivity contribution in [2.45, 2.75) is 82.8 Å². The van der Waals surface area contributed by atoms with Gasteiger partial charge in [-0.2, -0.15) is 0 Å². The monoisotopic (exact) mass is 657 g/mol. The smallest absolute Gasteiger partial charge is 0.313 e. The quantitative estimate of drug-likeness (QED) is 0.216. The number of hydrogen-bond donors (Lipinski definition) is 2. The van der Waals surface area contributed by atoms with Gasteiger partial charge in [-0.05, 0) is 56.2 Å². The summed E-state index contributed by atoms with van der Waals surface area (Å²) >= 11 is 0. The van der Waals surface area contributed by atoms with Crippen molar-refractivity contribution < 1.29 is 33.8 Å². The highest BCUT2D eigenvalue weighted by atomic mass is 16.6. The van der Waals surface area contributed by atoms with Crippen molar-refractivity contribution in [1.82, 2.24) is 10.2 Å². The summed E-state index contributed by atoms with van der Waals surface area (Å²) in [4.78, 5) is 59.2. The van der Waals surface area contributed by atoms with Crippen LogP contribution in [-0.2, 0) is 28.7 Å². The van der Waals surface area contributed by atoms with Gasteiger partial charge in [0.25, 0.3) is 5.91 Å². The zero-order chi connectivity index (χ0) is 34.6. The normalized spacial score (nSPS) is 25.2. The molecule has 3 heterocycles. The second kappa shape index (κ2) is 14.9. The highest BCUT2D eigenvalue weighted by molar-refractivity contribution is 6.05. The van der Waals surface area contributed by atoms with Crippen LogP contribution < -0.4 is 10.2 Å². The molecule has 10 heteroatoms. The number of aryl methyl sites for hydroxylation is 2. The van der Waals surface area contributed by atoms with Crippen molar-refractivity contribution in [3.63, 3.8) is 0 Å². The van der Waals surface area contributed by atoms with Crippen LogP contribution in [0.2, 0.25) is 0 Å². The number of aliphatic hydroxyl groups is 1. The lowest BCUT2D eigenvalue weighted by molar-refractivity contribution is -0.161. The molecule has 0 aromatic heterocycles. The van der Waals surface area contributed by atoms with Crippen molar-refractivity contribution in [1.29, 1.82) is 0 Å². The van der Waals surface area contributed by atoms with Crippen LogP contribution in [0.1, 0.15) is 61.8 Å². The predicted molar refractivity (Wildman–Crippen MR) is 182 cm³/mol. The molecule has 0 saturated carbocycles. The number of fused-ring (bicyclic) bond motifs is 1. The minimum absolute atomic E-state index is 0.0513. The van der Waals surface area contributed by atoms with Gasteiger partial charge < -0.3 is 29.7 Å². The molecule has 3 aliphatic heterocycles. The molecular weight excluding hydrogens is 610 g/mol. The van der Waals surface area contributed by atoms with Crippen LogP contribution in [0.15, 0.2) is 73.8 Å². The maximum absolute atomic E-state index is 14.9. The number of benzene rings is 2. The predicted octanol–water partition coefficient (Wildman–Crippen LogP) is 4.33. The van der Waals surface area contributed by atoms with Gasteiger partial charge in [0.05, 0.1) is 37.1 Å². The Balaban J connectivity index is 1.50. The first kappa shape index (κ1) is 35.0. The van der Waals surface area contributed by atoms with Gasteiger partial charge in [0.2, 0.25) is 11.8 Å².